The van der Waals surface area contributed by atoms with Crippen molar-refractivity contribution in [3.63, 3.8) is 0 Å². The molecule has 0 radical (unpaired) electrons. The van der Waals surface area contributed by atoms with Crippen LogP contribution >= 0.6 is 0 Å². The topological polar surface area (TPSA) is 185 Å². The first kappa shape index (κ1) is 56.0. The van der Waals surface area contributed by atoms with E-state index in [0.29, 0.717) is 70.3 Å². The molecule has 1 aliphatic carbocycles. The average molecular weight is 1150 g/mol. The van der Waals surface area contributed by atoms with Gasteiger partial charge in [-0.1, -0.05) is 56.7 Å². The van der Waals surface area contributed by atoms with Crippen LogP contribution in [0.25, 0.3) is 55.7 Å². The molecule has 5 aromatic heterocycles. The molecule has 0 unspecified atom stereocenters. The van der Waals surface area contributed by atoms with Gasteiger partial charge in [-0.15, -0.1) is 0 Å². The van der Waals surface area contributed by atoms with E-state index < -0.39 is 5.60 Å². The minimum absolute atomic E-state index is 0.0620. The molecule has 3 saturated heterocycles. The average Bonchev–Trinajstić information content (AvgIpc) is 2.72. The Labute approximate surface area is 494 Å². The van der Waals surface area contributed by atoms with E-state index >= 15 is 0 Å². The molecule has 1 saturated carbocycles. The Bertz CT molecular complexity index is 3850. The largest absolute Gasteiger partial charge is 0.394 e. The van der Waals surface area contributed by atoms with Crippen LogP contribution in [0, 0.1) is 11.7 Å². The maximum atomic E-state index is 13.8. The van der Waals surface area contributed by atoms with Gasteiger partial charge < -0.3 is 58.9 Å². The van der Waals surface area contributed by atoms with Crippen LogP contribution in [0.5, 0.6) is 0 Å². The lowest BCUT2D eigenvalue weighted by Gasteiger charge is -2.42. The van der Waals surface area contributed by atoms with Crippen molar-refractivity contribution in [1.82, 2.24) is 49.5 Å². The van der Waals surface area contributed by atoms with Crippen molar-refractivity contribution < 1.29 is 28.8 Å². The van der Waals surface area contributed by atoms with Crippen molar-refractivity contribution in [2.75, 3.05) is 94.6 Å². The zero-order chi connectivity index (χ0) is 58.5. The summed E-state index contributed by atoms with van der Waals surface area (Å²) in [5.74, 6) is 3.31. The number of aliphatic hydroxyl groups excluding tert-OH is 1. The number of anilines is 3. The minimum Gasteiger partial charge on any atom is -0.394 e. The summed E-state index contributed by atoms with van der Waals surface area (Å²) in [6, 6.07) is 23.8. The Hall–Kier alpha value is -8.20. The second-order valence-electron chi connectivity index (χ2n) is 23.8. The Kier molecular flexibility index (Phi) is 15.4. The molecular weight excluding hydrogens is 1070 g/mol. The van der Waals surface area contributed by atoms with Gasteiger partial charge in [0.25, 0.3) is 0 Å². The fraction of sp³-hybridized carbons (Fsp3) is 0.379. The van der Waals surface area contributed by atoms with Gasteiger partial charge in [0.2, 0.25) is 5.95 Å². The first-order valence-corrected chi connectivity index (χ1v) is 29.7. The van der Waals surface area contributed by atoms with Gasteiger partial charge in [-0.3, -0.25) is 4.68 Å². The van der Waals surface area contributed by atoms with Crippen LogP contribution in [0.2, 0.25) is 0 Å². The van der Waals surface area contributed by atoms with Crippen molar-refractivity contribution in [3.05, 3.63) is 168 Å². The van der Waals surface area contributed by atoms with Gasteiger partial charge in [0, 0.05) is 104 Å². The predicted molar refractivity (Wildman–Crippen MR) is 331 cm³/mol. The fourth-order valence-electron chi connectivity index (χ4n) is 13.0. The van der Waals surface area contributed by atoms with E-state index in [1.165, 1.54) is 44.2 Å². The second kappa shape index (κ2) is 23.3. The Morgan fingerprint density at radius 1 is 0.706 bits per heavy atom. The molecule has 10 heterocycles. The number of rotatable bonds is 11. The second-order valence-corrected chi connectivity index (χ2v) is 23.8. The fourth-order valence-corrected chi connectivity index (χ4v) is 13.0. The molecule has 4 fully saturated rings. The molecule has 0 spiro atoms. The molecule has 3 aromatic carbocycles. The Morgan fingerprint density at radius 2 is 1.33 bits per heavy atom. The molecule has 3 atom stereocenters. The van der Waals surface area contributed by atoms with E-state index in [4.69, 9.17) is 34.1 Å². The Morgan fingerprint density at radius 3 is 1.98 bits per heavy atom. The predicted octanol–water partition coefficient (Wildman–Crippen LogP) is 9.86. The van der Waals surface area contributed by atoms with Gasteiger partial charge in [0.15, 0.2) is 5.82 Å². The summed E-state index contributed by atoms with van der Waals surface area (Å²) < 4.78 is 33.3. The normalized spacial score (nSPS) is 20.6. The molecule has 19 heteroatoms. The van der Waals surface area contributed by atoms with Crippen LogP contribution in [-0.2, 0) is 20.8 Å². The molecule has 0 amide bonds. The van der Waals surface area contributed by atoms with E-state index in [9.17, 15) is 14.6 Å². The van der Waals surface area contributed by atoms with Crippen molar-refractivity contribution >= 4 is 61.9 Å². The quantitative estimate of drug-likeness (QED) is 0.0959. The van der Waals surface area contributed by atoms with Crippen molar-refractivity contribution in [2.24, 2.45) is 5.92 Å². The van der Waals surface area contributed by atoms with Gasteiger partial charge in [0.05, 0.1) is 116 Å². The van der Waals surface area contributed by atoms with Gasteiger partial charge in [-0.2, -0.15) is 10.1 Å². The SMILES string of the molecule is C=C1c2[nH]ccc2C(c2ccc3nc(-c4cnn(CC(C)(C)O)c4)nc(N4CCOC[C@@H]4C4CCCCC4)c3c2)=CN1C.C=C1c2[nH]ccc2C(c2ccc3nc(N4CCO[C@H](CO)C4)nc(N4CCOC[C@@H]4c4ccc(F)cc4)c3c2)=CN1C. The molecule has 0 bridgehead atoms. The molecule has 4 N–H and O–H groups in total. The van der Waals surface area contributed by atoms with E-state index in [0.717, 1.165) is 114 Å². The summed E-state index contributed by atoms with van der Waals surface area (Å²) >= 11 is 0. The number of nitrogens with zero attached hydrogens (tertiary/aromatic N) is 11. The number of hydrogen-bond acceptors (Lipinski definition) is 15. The summed E-state index contributed by atoms with van der Waals surface area (Å²) in [6.07, 6.45) is 18.0. The lowest BCUT2D eigenvalue weighted by atomic mass is 9.83. The van der Waals surface area contributed by atoms with Crippen LogP contribution in [0.3, 0.4) is 0 Å². The van der Waals surface area contributed by atoms with Gasteiger partial charge in [0.1, 0.15) is 17.5 Å². The van der Waals surface area contributed by atoms with Crippen LogP contribution < -0.4 is 14.7 Å². The zero-order valence-corrected chi connectivity index (χ0v) is 48.8. The number of hydrogen-bond donors (Lipinski definition) is 4. The third-order valence-corrected chi connectivity index (χ3v) is 17.5. The van der Waals surface area contributed by atoms with Crippen LogP contribution in [0.4, 0.5) is 22.0 Å². The highest BCUT2D eigenvalue weighted by atomic mass is 19.1. The van der Waals surface area contributed by atoms with Crippen LogP contribution in [-0.4, -0.2) is 157 Å². The van der Waals surface area contributed by atoms with Gasteiger partial charge in [-0.25, -0.2) is 19.3 Å². The number of benzene rings is 3. The highest BCUT2D eigenvalue weighted by Crippen LogP contribution is 2.42. The monoisotopic (exact) mass is 1150 g/mol. The first-order valence-electron chi connectivity index (χ1n) is 29.7. The molecule has 5 aliphatic heterocycles. The lowest BCUT2D eigenvalue weighted by molar-refractivity contribution is 0.00315. The number of ether oxygens (including phenoxy) is 3. The molecule has 18 nitrogen and oxygen atoms in total. The molecule has 440 valence electrons. The molecule has 85 heavy (non-hydrogen) atoms. The van der Waals surface area contributed by atoms with Crippen LogP contribution in [0.1, 0.15) is 91.2 Å². The first-order chi connectivity index (χ1) is 41.2. The summed E-state index contributed by atoms with van der Waals surface area (Å²) in [6.45, 7) is 17.8. The standard InChI is InChI=1S/C34H41N7O2.C32H33FN6O3/c1-22-31-26(12-13-35-31)28(19-39(22)4)24-10-11-29-27(16-24)33(41-14-15-43-20-30(41)23-8-6-5-7-9-23)38-32(37-29)25-17-36-40(18-25)21-34(2,3)42;1-20-30-25(9-10-34-30)27(17-37(20)2)22-5-8-28-26(15-22)31(36-32(35-28)38-11-14-42-24(16-38)18-40)39-12-13-41-19-29(39)21-3-6-23(33)7-4-21/h10-13,16-19,23,30,35,42H,1,5-9,14-15,20-21H2,2-4H3;3-10,15,17,24,29,34,40H,1,11-14,16,18-19H2,2H3/t30-;24-,29+/m10/s1. The number of H-pyrrole nitrogens is 2. The molecule has 8 aromatic rings. The number of fused-ring (bicyclic) bond motifs is 4. The third-order valence-electron chi connectivity index (χ3n) is 17.5. The van der Waals surface area contributed by atoms with Crippen molar-refractivity contribution in [2.45, 2.75) is 76.3 Å². The van der Waals surface area contributed by atoms with Crippen molar-refractivity contribution in [3.8, 4) is 11.4 Å². The maximum absolute atomic E-state index is 13.8. The number of aromatic nitrogens is 8. The Balaban J connectivity index is 0.000000158. The van der Waals surface area contributed by atoms with Gasteiger partial charge >= 0.3 is 0 Å². The van der Waals surface area contributed by atoms with E-state index in [1.807, 2.05) is 55.8 Å². The number of morpholine rings is 3. The molecular formula is C66H74FN13O5. The molecule has 6 aliphatic rings. The van der Waals surface area contributed by atoms with E-state index in [1.54, 1.807) is 24.7 Å². The highest BCUT2D eigenvalue weighted by molar-refractivity contribution is 5.98. The van der Waals surface area contributed by atoms with Crippen LogP contribution in [0.15, 0.2) is 123 Å². The highest BCUT2D eigenvalue weighted by Gasteiger charge is 2.35. The van der Waals surface area contributed by atoms with E-state index in [-0.39, 0.29) is 30.6 Å². The van der Waals surface area contributed by atoms with Gasteiger partial charge in [-0.05, 0) is 97.8 Å². The molecule has 14 rings (SSSR count). The summed E-state index contributed by atoms with van der Waals surface area (Å²) in [7, 11) is 4.03. The summed E-state index contributed by atoms with van der Waals surface area (Å²) in [5.41, 5.74) is 13.2. The lowest BCUT2D eigenvalue weighted by Crippen LogP contribution is -2.50. The smallest absolute Gasteiger partial charge is 0.228 e. The number of aliphatic hydroxyl groups is 2. The maximum Gasteiger partial charge on any atom is 0.228 e. The number of aromatic amines is 2. The van der Waals surface area contributed by atoms with E-state index in [2.05, 4.69) is 103 Å². The summed E-state index contributed by atoms with van der Waals surface area (Å²) in [4.78, 5) is 38.2. The zero-order valence-electron chi connectivity index (χ0n) is 48.8. The van der Waals surface area contributed by atoms with Crippen molar-refractivity contribution in [1.29, 1.82) is 0 Å². The number of halogens is 1. The minimum atomic E-state index is -0.871. The summed E-state index contributed by atoms with van der Waals surface area (Å²) in [5, 5.41) is 26.6. The number of nitrogens with one attached hydrogen (secondary N) is 2. The third kappa shape index (κ3) is 11.2.